The predicted molar refractivity (Wildman–Crippen MR) is 107 cm³/mol. The van der Waals surface area contributed by atoms with Crippen molar-refractivity contribution in [2.24, 2.45) is 5.92 Å². The zero-order valence-corrected chi connectivity index (χ0v) is 17.3. The van der Waals surface area contributed by atoms with Crippen molar-refractivity contribution in [1.29, 1.82) is 0 Å². The summed E-state index contributed by atoms with van der Waals surface area (Å²) in [6, 6.07) is 5.63. The van der Waals surface area contributed by atoms with E-state index in [0.717, 1.165) is 6.07 Å². The van der Waals surface area contributed by atoms with E-state index >= 15 is 0 Å². The fourth-order valence-electron chi connectivity index (χ4n) is 3.86. The first kappa shape index (κ1) is 22.3. The molecule has 162 valence electrons. The van der Waals surface area contributed by atoms with Gasteiger partial charge in [0.05, 0.1) is 29.8 Å². The number of ether oxygens (including phenoxy) is 1. The molecular formula is C22H26F2N2O4. The lowest BCUT2D eigenvalue weighted by molar-refractivity contribution is -0.131. The summed E-state index contributed by atoms with van der Waals surface area (Å²) in [5.41, 5.74) is 0.701. The number of hydrogen-bond acceptors (Lipinski definition) is 5. The summed E-state index contributed by atoms with van der Waals surface area (Å²) in [6.07, 6.45) is -0.649. The molecule has 1 aliphatic rings. The molecule has 2 aromatic rings. The first-order valence-corrected chi connectivity index (χ1v) is 9.75. The summed E-state index contributed by atoms with van der Waals surface area (Å²) in [5.74, 6) is -2.90. The second-order valence-corrected chi connectivity index (χ2v) is 8.19. The van der Waals surface area contributed by atoms with E-state index in [9.17, 15) is 18.7 Å². The monoisotopic (exact) mass is 420 g/mol. The number of aromatic nitrogens is 1. The summed E-state index contributed by atoms with van der Waals surface area (Å²) in [7, 11) is 0. The highest BCUT2D eigenvalue weighted by Gasteiger charge is 2.51. The quantitative estimate of drug-likeness (QED) is 0.691. The maximum absolute atomic E-state index is 14.2. The maximum Gasteiger partial charge on any atom is 0.254 e. The van der Waals surface area contributed by atoms with Crippen LogP contribution in [0.2, 0.25) is 0 Å². The van der Waals surface area contributed by atoms with Gasteiger partial charge in [0.2, 0.25) is 0 Å². The van der Waals surface area contributed by atoms with E-state index < -0.39 is 47.9 Å². The molecule has 0 radical (unpaired) electrons. The third-order valence-electron chi connectivity index (χ3n) is 5.96. The molecule has 1 aromatic carbocycles. The molecule has 2 heterocycles. The molecule has 1 aliphatic heterocycles. The molecule has 0 aliphatic carbocycles. The fourth-order valence-corrected chi connectivity index (χ4v) is 3.86. The first-order chi connectivity index (χ1) is 14.1. The first-order valence-electron chi connectivity index (χ1n) is 9.75. The average Bonchev–Trinajstić information content (AvgIpc) is 2.96. The van der Waals surface area contributed by atoms with Gasteiger partial charge in [0, 0.05) is 5.92 Å². The maximum atomic E-state index is 14.2. The van der Waals surface area contributed by atoms with Crippen molar-refractivity contribution in [3.05, 3.63) is 58.9 Å². The molecule has 3 rings (SSSR count). The summed E-state index contributed by atoms with van der Waals surface area (Å²) in [6.45, 7) is 6.68. The number of aliphatic hydroxyl groups excluding tert-OH is 2. The van der Waals surface area contributed by atoms with Crippen molar-refractivity contribution in [2.75, 3.05) is 11.9 Å². The largest absolute Gasteiger partial charge is 0.393 e. The van der Waals surface area contributed by atoms with Crippen molar-refractivity contribution in [2.45, 2.75) is 51.4 Å². The number of pyridine rings is 1. The normalized spacial score (nSPS) is 23.9. The highest BCUT2D eigenvalue weighted by atomic mass is 19.2. The van der Waals surface area contributed by atoms with Crippen LogP contribution in [0.25, 0.3) is 0 Å². The third kappa shape index (κ3) is 4.08. The molecule has 1 saturated heterocycles. The minimum absolute atomic E-state index is 0.142. The summed E-state index contributed by atoms with van der Waals surface area (Å²) < 4.78 is 33.9. The van der Waals surface area contributed by atoms with E-state index in [4.69, 9.17) is 9.84 Å². The highest BCUT2D eigenvalue weighted by molar-refractivity contribution is 5.95. The Hall–Kier alpha value is -2.42. The number of benzene rings is 1. The molecule has 3 N–H and O–H groups in total. The van der Waals surface area contributed by atoms with Crippen LogP contribution in [-0.4, -0.2) is 39.4 Å². The Labute approximate surface area is 173 Å². The van der Waals surface area contributed by atoms with Gasteiger partial charge in [0.15, 0.2) is 11.6 Å². The van der Waals surface area contributed by atoms with Crippen molar-refractivity contribution >= 4 is 11.6 Å². The summed E-state index contributed by atoms with van der Waals surface area (Å²) >= 11 is 0. The average molecular weight is 420 g/mol. The minimum Gasteiger partial charge on any atom is -0.393 e. The lowest BCUT2D eigenvalue weighted by Gasteiger charge is -2.25. The molecule has 8 heteroatoms. The molecule has 6 nitrogen and oxygen atoms in total. The van der Waals surface area contributed by atoms with Gasteiger partial charge in [-0.1, -0.05) is 13.0 Å². The summed E-state index contributed by atoms with van der Waals surface area (Å²) in [4.78, 5) is 17.1. The van der Waals surface area contributed by atoms with Crippen LogP contribution < -0.4 is 5.32 Å². The van der Waals surface area contributed by atoms with Crippen LogP contribution in [0.3, 0.4) is 0 Å². The van der Waals surface area contributed by atoms with Crippen LogP contribution >= 0.6 is 0 Å². The van der Waals surface area contributed by atoms with Gasteiger partial charge in [-0.2, -0.15) is 0 Å². The number of nitrogens with zero attached hydrogens (tertiary/aromatic N) is 1. The molecule has 1 amide bonds. The van der Waals surface area contributed by atoms with E-state index in [1.807, 2.05) is 20.8 Å². The lowest BCUT2D eigenvalue weighted by atomic mass is 9.77. The number of halogens is 2. The van der Waals surface area contributed by atoms with E-state index in [0.29, 0.717) is 11.3 Å². The number of carbonyl (C=O) groups excluding carboxylic acids is 1. The standard InChI is InChI=1S/C22H26F2N2O4/c1-11-14(6-7-15(23)19(11)24)18-12(2)22(3,4)30-20(18)21(29)26-13-5-8-16(25-9-13)17(28)10-27/h5-9,12,17-18,20,27-28H,10H2,1-4H3,(H,26,29)/t12-,17+,18-,20+/m0/s1. The van der Waals surface area contributed by atoms with E-state index in [1.165, 1.54) is 25.3 Å². The smallest absolute Gasteiger partial charge is 0.254 e. The van der Waals surface area contributed by atoms with Gasteiger partial charge in [-0.15, -0.1) is 0 Å². The molecule has 0 saturated carbocycles. The zero-order chi connectivity index (χ0) is 22.2. The molecular weight excluding hydrogens is 394 g/mol. The van der Waals surface area contributed by atoms with E-state index in [-0.39, 0.29) is 17.2 Å². The lowest BCUT2D eigenvalue weighted by Crippen LogP contribution is -2.33. The van der Waals surface area contributed by atoms with Crippen LogP contribution in [0, 0.1) is 24.5 Å². The van der Waals surface area contributed by atoms with Gasteiger partial charge >= 0.3 is 0 Å². The SMILES string of the molecule is Cc1c([C@H]2[C@H](C(=O)Nc3ccc([C@H](O)CO)nc3)OC(C)(C)[C@H]2C)ccc(F)c1F. The van der Waals surface area contributed by atoms with Crippen molar-refractivity contribution < 1.29 is 28.5 Å². The third-order valence-corrected chi connectivity index (χ3v) is 5.96. The van der Waals surface area contributed by atoms with Gasteiger partial charge in [-0.05, 0) is 56.0 Å². The summed E-state index contributed by atoms with van der Waals surface area (Å²) in [5, 5.41) is 21.3. The van der Waals surface area contributed by atoms with Crippen LogP contribution in [-0.2, 0) is 9.53 Å². The molecule has 0 spiro atoms. The Morgan fingerprint density at radius 2 is 2.00 bits per heavy atom. The van der Waals surface area contributed by atoms with Crippen molar-refractivity contribution in [1.82, 2.24) is 4.98 Å². The van der Waals surface area contributed by atoms with Gasteiger partial charge < -0.3 is 20.3 Å². The Morgan fingerprint density at radius 3 is 2.60 bits per heavy atom. The Balaban J connectivity index is 1.89. The Kier molecular flexibility index (Phi) is 6.21. The number of hydrogen-bond donors (Lipinski definition) is 3. The van der Waals surface area contributed by atoms with Crippen LogP contribution in [0.5, 0.6) is 0 Å². The van der Waals surface area contributed by atoms with E-state index in [1.54, 1.807) is 6.07 Å². The molecule has 30 heavy (non-hydrogen) atoms. The van der Waals surface area contributed by atoms with Gasteiger partial charge in [-0.3, -0.25) is 9.78 Å². The van der Waals surface area contributed by atoms with Crippen molar-refractivity contribution in [3.8, 4) is 0 Å². The number of amides is 1. The fraction of sp³-hybridized carbons (Fsp3) is 0.455. The Bertz CT molecular complexity index is 933. The van der Waals surface area contributed by atoms with Gasteiger partial charge in [-0.25, -0.2) is 8.78 Å². The highest BCUT2D eigenvalue weighted by Crippen LogP contribution is 2.47. The van der Waals surface area contributed by atoms with Gasteiger partial charge in [0.1, 0.15) is 12.2 Å². The van der Waals surface area contributed by atoms with E-state index in [2.05, 4.69) is 10.3 Å². The van der Waals surface area contributed by atoms with Crippen LogP contribution in [0.1, 0.15) is 49.6 Å². The molecule has 0 unspecified atom stereocenters. The number of carbonyl (C=O) groups is 1. The topological polar surface area (TPSA) is 91.7 Å². The van der Waals surface area contributed by atoms with Gasteiger partial charge in [0.25, 0.3) is 5.91 Å². The number of anilines is 1. The second kappa shape index (κ2) is 8.37. The molecule has 1 fully saturated rings. The van der Waals surface area contributed by atoms with Crippen LogP contribution in [0.15, 0.2) is 30.5 Å². The van der Waals surface area contributed by atoms with Crippen molar-refractivity contribution in [3.63, 3.8) is 0 Å². The Morgan fingerprint density at radius 1 is 1.30 bits per heavy atom. The number of aliphatic hydroxyl groups is 2. The van der Waals surface area contributed by atoms with Crippen LogP contribution in [0.4, 0.5) is 14.5 Å². The minimum atomic E-state index is -1.10. The number of rotatable bonds is 5. The molecule has 4 atom stereocenters. The predicted octanol–water partition coefficient (Wildman–Crippen LogP) is 3.23. The molecule has 1 aromatic heterocycles. The number of nitrogens with one attached hydrogen (secondary N) is 1. The second-order valence-electron chi connectivity index (χ2n) is 8.19. The molecule has 0 bridgehead atoms. The zero-order valence-electron chi connectivity index (χ0n) is 17.3.